The van der Waals surface area contributed by atoms with E-state index in [-0.39, 0.29) is 18.6 Å². The van der Waals surface area contributed by atoms with Crippen LogP contribution in [0.4, 0.5) is 11.5 Å². The Morgan fingerprint density at radius 2 is 1.84 bits per heavy atom. The van der Waals surface area contributed by atoms with E-state index in [2.05, 4.69) is 25.8 Å². The summed E-state index contributed by atoms with van der Waals surface area (Å²) in [6, 6.07) is 19.5. The topological polar surface area (TPSA) is 118 Å². The number of H-pyrrole nitrogens is 1. The van der Waals surface area contributed by atoms with Gasteiger partial charge in [0.05, 0.1) is 11.7 Å². The van der Waals surface area contributed by atoms with Crippen LogP contribution in [0, 0.1) is 0 Å². The van der Waals surface area contributed by atoms with E-state index in [0.717, 1.165) is 40.7 Å². The fourth-order valence-corrected chi connectivity index (χ4v) is 4.69. The highest BCUT2D eigenvalue weighted by Crippen LogP contribution is 2.29. The molecule has 0 atom stereocenters. The lowest BCUT2D eigenvalue weighted by molar-refractivity contribution is -0.123. The summed E-state index contributed by atoms with van der Waals surface area (Å²) in [6.07, 6.45) is 9.79. The summed E-state index contributed by atoms with van der Waals surface area (Å²) in [6.45, 7) is -0.0237. The Kier molecular flexibility index (Phi) is 6.63. The molecule has 3 N–H and O–H groups in total. The highest BCUT2D eigenvalue weighted by Gasteiger charge is 2.17. The van der Waals surface area contributed by atoms with Crippen LogP contribution in [0.5, 0.6) is 5.75 Å². The number of rotatable bonds is 8. The van der Waals surface area contributed by atoms with Gasteiger partial charge < -0.3 is 15.4 Å². The first kappa shape index (κ1) is 23.6. The van der Waals surface area contributed by atoms with Crippen LogP contribution in [0.25, 0.3) is 33.5 Å². The molecule has 0 saturated heterocycles. The second kappa shape index (κ2) is 10.7. The minimum Gasteiger partial charge on any atom is -0.484 e. The van der Waals surface area contributed by atoms with Gasteiger partial charge in [0.25, 0.3) is 5.91 Å². The SMILES string of the molecule is O=C(COc1cccc(-c2nc(Nc3ccc(-c4cn[nH]c4)cc3)c3ncccc3n2)c1)NC1CCCC1. The van der Waals surface area contributed by atoms with Crippen molar-refractivity contribution < 1.29 is 9.53 Å². The van der Waals surface area contributed by atoms with Crippen molar-refractivity contribution in [1.82, 2.24) is 30.5 Å². The lowest BCUT2D eigenvalue weighted by Crippen LogP contribution is -2.36. The maximum absolute atomic E-state index is 12.3. The summed E-state index contributed by atoms with van der Waals surface area (Å²) in [5, 5.41) is 13.3. The van der Waals surface area contributed by atoms with E-state index < -0.39 is 0 Å². The number of amides is 1. The van der Waals surface area contributed by atoms with E-state index in [1.807, 2.05) is 66.9 Å². The number of carbonyl (C=O) groups is 1. The molecule has 0 unspecified atom stereocenters. The molecule has 9 heteroatoms. The molecule has 190 valence electrons. The predicted octanol–water partition coefficient (Wildman–Crippen LogP) is 5.26. The number of carbonyl (C=O) groups excluding carboxylic acids is 1. The third-order valence-electron chi connectivity index (χ3n) is 6.62. The van der Waals surface area contributed by atoms with Crippen molar-refractivity contribution in [2.45, 2.75) is 31.7 Å². The number of nitrogens with zero attached hydrogens (tertiary/aromatic N) is 4. The number of hydrogen-bond donors (Lipinski definition) is 3. The van der Waals surface area contributed by atoms with Crippen LogP contribution < -0.4 is 15.4 Å². The van der Waals surface area contributed by atoms with Gasteiger partial charge in [0.15, 0.2) is 18.2 Å². The second-order valence-electron chi connectivity index (χ2n) is 9.32. The second-order valence-corrected chi connectivity index (χ2v) is 9.32. The molecular formula is C29H27N7O2. The Hall–Kier alpha value is -4.79. The quantitative estimate of drug-likeness (QED) is 0.263. The third kappa shape index (κ3) is 5.31. The van der Waals surface area contributed by atoms with Gasteiger partial charge in [0, 0.05) is 35.2 Å². The van der Waals surface area contributed by atoms with Gasteiger partial charge in [-0.3, -0.25) is 14.9 Å². The maximum Gasteiger partial charge on any atom is 0.258 e. The van der Waals surface area contributed by atoms with Crippen molar-refractivity contribution >= 4 is 28.4 Å². The number of aromatic amines is 1. The minimum absolute atomic E-state index is 0.0237. The molecule has 5 aromatic rings. The summed E-state index contributed by atoms with van der Waals surface area (Å²) in [5.74, 6) is 1.62. The molecular weight excluding hydrogens is 478 g/mol. The van der Waals surface area contributed by atoms with Gasteiger partial charge in [-0.05, 0) is 54.8 Å². The average Bonchev–Trinajstić information content (AvgIpc) is 3.68. The van der Waals surface area contributed by atoms with E-state index in [1.54, 1.807) is 12.4 Å². The van der Waals surface area contributed by atoms with Crippen molar-refractivity contribution in [1.29, 1.82) is 0 Å². The Morgan fingerprint density at radius 1 is 0.974 bits per heavy atom. The zero-order valence-corrected chi connectivity index (χ0v) is 20.7. The molecule has 1 aliphatic carbocycles. The fourth-order valence-electron chi connectivity index (χ4n) is 4.69. The number of fused-ring (bicyclic) bond motifs is 1. The molecule has 0 aliphatic heterocycles. The predicted molar refractivity (Wildman–Crippen MR) is 146 cm³/mol. The summed E-state index contributed by atoms with van der Waals surface area (Å²) < 4.78 is 5.79. The number of aromatic nitrogens is 5. The van der Waals surface area contributed by atoms with Crippen LogP contribution in [-0.4, -0.2) is 43.7 Å². The zero-order valence-electron chi connectivity index (χ0n) is 20.7. The van der Waals surface area contributed by atoms with Crippen LogP contribution in [-0.2, 0) is 4.79 Å². The number of benzene rings is 2. The monoisotopic (exact) mass is 505 g/mol. The number of nitrogens with one attached hydrogen (secondary N) is 3. The van der Waals surface area contributed by atoms with Crippen molar-refractivity contribution in [3.63, 3.8) is 0 Å². The average molecular weight is 506 g/mol. The molecule has 6 rings (SSSR count). The van der Waals surface area contributed by atoms with E-state index in [1.165, 1.54) is 12.8 Å². The first-order valence-corrected chi connectivity index (χ1v) is 12.7. The van der Waals surface area contributed by atoms with Crippen molar-refractivity contribution in [3.05, 3.63) is 79.3 Å². The van der Waals surface area contributed by atoms with Gasteiger partial charge in [-0.1, -0.05) is 37.1 Å². The summed E-state index contributed by atoms with van der Waals surface area (Å²) >= 11 is 0. The van der Waals surface area contributed by atoms with E-state index in [4.69, 9.17) is 14.7 Å². The minimum atomic E-state index is -0.0967. The number of pyridine rings is 1. The molecule has 0 radical (unpaired) electrons. The molecule has 9 nitrogen and oxygen atoms in total. The molecule has 2 aromatic carbocycles. The molecule has 0 spiro atoms. The first-order valence-electron chi connectivity index (χ1n) is 12.7. The van der Waals surface area contributed by atoms with Crippen LogP contribution in [0.1, 0.15) is 25.7 Å². The van der Waals surface area contributed by atoms with E-state index >= 15 is 0 Å². The van der Waals surface area contributed by atoms with Crippen LogP contribution in [0.2, 0.25) is 0 Å². The smallest absolute Gasteiger partial charge is 0.258 e. The molecule has 38 heavy (non-hydrogen) atoms. The van der Waals surface area contributed by atoms with Gasteiger partial charge in [0.1, 0.15) is 11.3 Å². The lowest BCUT2D eigenvalue weighted by Gasteiger charge is -2.13. The number of ether oxygens (including phenoxy) is 1. The Bertz CT molecular complexity index is 1550. The van der Waals surface area contributed by atoms with E-state index in [9.17, 15) is 4.79 Å². The van der Waals surface area contributed by atoms with E-state index in [0.29, 0.717) is 22.9 Å². The van der Waals surface area contributed by atoms with Gasteiger partial charge in [-0.15, -0.1) is 0 Å². The van der Waals surface area contributed by atoms with Gasteiger partial charge in [-0.2, -0.15) is 5.10 Å². The highest BCUT2D eigenvalue weighted by molar-refractivity contribution is 5.89. The normalized spacial score (nSPS) is 13.5. The third-order valence-corrected chi connectivity index (χ3v) is 6.62. The summed E-state index contributed by atoms with van der Waals surface area (Å²) in [7, 11) is 0. The van der Waals surface area contributed by atoms with Gasteiger partial charge in [0.2, 0.25) is 0 Å². The summed E-state index contributed by atoms with van der Waals surface area (Å²) in [5.41, 5.74) is 5.13. The number of anilines is 2. The van der Waals surface area contributed by atoms with Crippen LogP contribution in [0.3, 0.4) is 0 Å². The molecule has 3 aromatic heterocycles. The molecule has 1 fully saturated rings. The Balaban J connectivity index is 1.23. The highest BCUT2D eigenvalue weighted by atomic mass is 16.5. The van der Waals surface area contributed by atoms with Gasteiger partial charge >= 0.3 is 0 Å². The van der Waals surface area contributed by atoms with Crippen molar-refractivity contribution in [3.8, 4) is 28.3 Å². The lowest BCUT2D eigenvalue weighted by atomic mass is 10.1. The van der Waals surface area contributed by atoms with Gasteiger partial charge in [-0.25, -0.2) is 9.97 Å². The van der Waals surface area contributed by atoms with Crippen molar-refractivity contribution in [2.24, 2.45) is 0 Å². The fraction of sp³-hybridized carbons (Fsp3) is 0.207. The molecule has 1 aliphatic rings. The molecule has 1 saturated carbocycles. The standard InChI is InChI=1S/C29H27N7O2/c37-26(33-22-6-1-2-7-22)18-38-24-8-3-5-20(15-24)28-35-25-9-4-14-30-27(25)29(36-28)34-23-12-10-19(11-13-23)21-16-31-32-17-21/h3-5,8-17,22H,1-2,6-7,18H2,(H,31,32)(H,33,37)(H,34,35,36). The Morgan fingerprint density at radius 3 is 2.66 bits per heavy atom. The largest absolute Gasteiger partial charge is 0.484 e. The number of hydrogen-bond acceptors (Lipinski definition) is 7. The van der Waals surface area contributed by atoms with Crippen LogP contribution in [0.15, 0.2) is 79.3 Å². The molecule has 3 heterocycles. The molecule has 0 bridgehead atoms. The first-order chi connectivity index (χ1) is 18.7. The van der Waals surface area contributed by atoms with Crippen molar-refractivity contribution in [2.75, 3.05) is 11.9 Å². The zero-order chi connectivity index (χ0) is 25.7. The Labute approximate surface area is 219 Å². The van der Waals surface area contributed by atoms with Crippen LogP contribution >= 0.6 is 0 Å². The summed E-state index contributed by atoms with van der Waals surface area (Å²) in [4.78, 5) is 26.4. The maximum atomic E-state index is 12.3. The molecule has 1 amide bonds.